The van der Waals surface area contributed by atoms with Crippen molar-refractivity contribution in [2.75, 3.05) is 0 Å². The van der Waals surface area contributed by atoms with E-state index in [-0.39, 0.29) is 12.2 Å². The smallest absolute Gasteiger partial charge is 0.328 e. The third-order valence-corrected chi connectivity index (χ3v) is 3.82. The zero-order valence-corrected chi connectivity index (χ0v) is 15.1. The minimum atomic E-state index is -0.841. The van der Waals surface area contributed by atoms with Crippen molar-refractivity contribution in [3.8, 4) is 0 Å². The second-order valence-electron chi connectivity index (χ2n) is 5.32. The van der Waals surface area contributed by atoms with Crippen molar-refractivity contribution in [1.29, 1.82) is 0 Å². The number of hydrogen-bond donors (Lipinski definition) is 1. The quantitative estimate of drug-likeness (QED) is 0.586. The highest BCUT2D eigenvalue weighted by Gasteiger charge is 2.16. The first-order chi connectivity index (χ1) is 12.0. The van der Waals surface area contributed by atoms with Gasteiger partial charge in [0.1, 0.15) is 18.5 Å². The number of ether oxygens (including phenoxy) is 1. The van der Waals surface area contributed by atoms with E-state index in [1.807, 2.05) is 30.3 Å². The number of amides is 1. The molecule has 0 aliphatic carbocycles. The van der Waals surface area contributed by atoms with E-state index in [1.165, 1.54) is 25.1 Å². The average molecular weight is 406 g/mol. The largest absolute Gasteiger partial charge is 0.459 e. The van der Waals surface area contributed by atoms with Crippen LogP contribution in [0.15, 0.2) is 59.1 Å². The van der Waals surface area contributed by atoms with E-state index in [2.05, 4.69) is 21.2 Å². The molecule has 1 N–H and O–H groups in total. The number of nitrogens with one attached hydrogen (secondary N) is 1. The van der Waals surface area contributed by atoms with Crippen LogP contribution in [0.5, 0.6) is 0 Å². The maximum atomic E-state index is 13.7. The normalized spacial score (nSPS) is 12.0. The molecule has 2 rings (SSSR count). The van der Waals surface area contributed by atoms with Gasteiger partial charge in [-0.15, -0.1) is 0 Å². The first-order valence-corrected chi connectivity index (χ1v) is 8.39. The molecular formula is C19H17BrFNO3. The van der Waals surface area contributed by atoms with Gasteiger partial charge in [-0.2, -0.15) is 0 Å². The molecule has 0 heterocycles. The van der Waals surface area contributed by atoms with Gasteiger partial charge in [0, 0.05) is 16.1 Å². The molecule has 1 atom stereocenters. The molecule has 25 heavy (non-hydrogen) atoms. The zero-order chi connectivity index (χ0) is 18.2. The number of hydrogen-bond acceptors (Lipinski definition) is 3. The molecule has 0 aliphatic rings. The van der Waals surface area contributed by atoms with Gasteiger partial charge in [-0.1, -0.05) is 52.3 Å². The molecule has 0 bridgehead atoms. The van der Waals surface area contributed by atoms with E-state index < -0.39 is 23.7 Å². The molecule has 0 radical (unpaired) electrons. The van der Waals surface area contributed by atoms with E-state index >= 15 is 0 Å². The Morgan fingerprint density at radius 1 is 1.24 bits per heavy atom. The number of carbonyl (C=O) groups is 2. The van der Waals surface area contributed by atoms with Gasteiger partial charge in [-0.25, -0.2) is 9.18 Å². The van der Waals surface area contributed by atoms with Gasteiger partial charge in [0.05, 0.1) is 0 Å². The highest BCUT2D eigenvalue weighted by Crippen LogP contribution is 2.16. The predicted octanol–water partition coefficient (Wildman–Crippen LogP) is 3.85. The van der Waals surface area contributed by atoms with Crippen molar-refractivity contribution in [1.82, 2.24) is 5.32 Å². The molecule has 0 aliphatic heterocycles. The molecule has 4 nitrogen and oxygen atoms in total. The van der Waals surface area contributed by atoms with Crippen molar-refractivity contribution < 1.29 is 18.7 Å². The van der Waals surface area contributed by atoms with Crippen LogP contribution in [0.2, 0.25) is 0 Å². The fraction of sp³-hybridized carbons (Fsp3) is 0.158. The third-order valence-electron chi connectivity index (χ3n) is 3.32. The molecule has 0 saturated carbocycles. The molecule has 0 spiro atoms. The number of halogens is 2. The van der Waals surface area contributed by atoms with Crippen LogP contribution in [-0.4, -0.2) is 17.9 Å². The van der Waals surface area contributed by atoms with Crippen molar-refractivity contribution >= 4 is 33.9 Å². The minimum Gasteiger partial charge on any atom is -0.459 e. The van der Waals surface area contributed by atoms with Gasteiger partial charge < -0.3 is 10.1 Å². The summed E-state index contributed by atoms with van der Waals surface area (Å²) in [5.74, 6) is -1.52. The Balaban J connectivity index is 1.83. The molecular weight excluding hydrogens is 389 g/mol. The van der Waals surface area contributed by atoms with Gasteiger partial charge in [0.2, 0.25) is 5.91 Å². The highest BCUT2D eigenvalue weighted by molar-refractivity contribution is 9.10. The maximum Gasteiger partial charge on any atom is 0.328 e. The molecule has 0 fully saturated rings. The molecule has 0 saturated heterocycles. The zero-order valence-electron chi connectivity index (χ0n) is 13.5. The summed E-state index contributed by atoms with van der Waals surface area (Å²) in [7, 11) is 0. The Morgan fingerprint density at radius 3 is 2.64 bits per heavy atom. The fourth-order valence-corrected chi connectivity index (χ4v) is 2.30. The lowest BCUT2D eigenvalue weighted by atomic mass is 10.2. The summed E-state index contributed by atoms with van der Waals surface area (Å²) in [4.78, 5) is 23.7. The summed E-state index contributed by atoms with van der Waals surface area (Å²) in [5, 5.41) is 2.51. The van der Waals surface area contributed by atoms with Crippen LogP contribution in [0, 0.1) is 5.82 Å². The van der Waals surface area contributed by atoms with E-state index in [0.717, 1.165) is 5.56 Å². The number of esters is 1. The Labute approximate surface area is 153 Å². The van der Waals surface area contributed by atoms with Crippen LogP contribution in [0.1, 0.15) is 18.1 Å². The first kappa shape index (κ1) is 18.9. The molecule has 130 valence electrons. The van der Waals surface area contributed by atoms with Crippen LogP contribution >= 0.6 is 15.9 Å². The standard InChI is InChI=1S/C19H17BrFNO3/c1-13(22-18(23)10-7-14-5-3-2-4-6-14)19(24)25-12-15-8-9-16(20)11-17(15)21/h2-11,13H,12H2,1H3,(H,22,23)/b10-7+/t13-/m0/s1. The Morgan fingerprint density at radius 2 is 1.96 bits per heavy atom. The van der Waals surface area contributed by atoms with Gasteiger partial charge in [-0.05, 0) is 30.7 Å². The van der Waals surface area contributed by atoms with Gasteiger partial charge in [0.25, 0.3) is 0 Å². The van der Waals surface area contributed by atoms with Crippen molar-refractivity contribution in [2.45, 2.75) is 19.6 Å². The van der Waals surface area contributed by atoms with Crippen LogP contribution < -0.4 is 5.32 Å². The highest BCUT2D eigenvalue weighted by atomic mass is 79.9. The topological polar surface area (TPSA) is 55.4 Å². The summed E-state index contributed by atoms with van der Waals surface area (Å²) in [6, 6.07) is 12.9. The van der Waals surface area contributed by atoms with Crippen molar-refractivity contribution in [2.24, 2.45) is 0 Å². The Bertz CT molecular complexity index is 777. The summed E-state index contributed by atoms with van der Waals surface area (Å²) in [5.41, 5.74) is 1.14. The summed E-state index contributed by atoms with van der Waals surface area (Å²) >= 11 is 3.16. The lowest BCUT2D eigenvalue weighted by molar-refractivity contribution is -0.148. The van der Waals surface area contributed by atoms with Crippen molar-refractivity contribution in [3.63, 3.8) is 0 Å². The monoisotopic (exact) mass is 405 g/mol. The molecule has 1 amide bonds. The Hall–Kier alpha value is -2.47. The first-order valence-electron chi connectivity index (χ1n) is 7.60. The summed E-state index contributed by atoms with van der Waals surface area (Å²) in [6.07, 6.45) is 2.98. The van der Waals surface area contributed by atoms with Gasteiger partial charge in [-0.3, -0.25) is 4.79 Å². The lowest BCUT2D eigenvalue weighted by Crippen LogP contribution is -2.38. The molecule has 6 heteroatoms. The third kappa shape index (κ3) is 6.15. The van der Waals surface area contributed by atoms with E-state index in [0.29, 0.717) is 4.47 Å². The second kappa shape index (κ2) is 9.13. The van der Waals surface area contributed by atoms with E-state index in [1.54, 1.807) is 12.1 Å². The number of benzene rings is 2. The fourth-order valence-electron chi connectivity index (χ4n) is 1.97. The van der Waals surface area contributed by atoms with Crippen LogP contribution in [0.3, 0.4) is 0 Å². The SMILES string of the molecule is C[C@H](NC(=O)/C=C/c1ccccc1)C(=O)OCc1ccc(Br)cc1F. The van der Waals surface area contributed by atoms with Crippen LogP contribution in [0.25, 0.3) is 6.08 Å². The van der Waals surface area contributed by atoms with Crippen LogP contribution in [0.4, 0.5) is 4.39 Å². The maximum absolute atomic E-state index is 13.7. The summed E-state index contributed by atoms with van der Waals surface area (Å²) < 4.78 is 19.3. The number of carbonyl (C=O) groups excluding carboxylic acids is 2. The molecule has 2 aromatic carbocycles. The minimum absolute atomic E-state index is 0.196. The van der Waals surface area contributed by atoms with Crippen molar-refractivity contribution in [3.05, 3.63) is 76.0 Å². The number of rotatable bonds is 6. The molecule has 0 unspecified atom stereocenters. The van der Waals surface area contributed by atoms with Crippen LogP contribution in [-0.2, 0) is 20.9 Å². The molecule has 2 aromatic rings. The van der Waals surface area contributed by atoms with E-state index in [9.17, 15) is 14.0 Å². The average Bonchev–Trinajstić information content (AvgIpc) is 2.60. The lowest BCUT2D eigenvalue weighted by Gasteiger charge is -2.12. The molecule has 0 aromatic heterocycles. The predicted molar refractivity (Wildman–Crippen MR) is 97.0 cm³/mol. The summed E-state index contributed by atoms with van der Waals surface area (Å²) in [6.45, 7) is 1.31. The van der Waals surface area contributed by atoms with Gasteiger partial charge in [0.15, 0.2) is 0 Å². The Kier molecular flexibility index (Phi) is 6.89. The van der Waals surface area contributed by atoms with Gasteiger partial charge >= 0.3 is 5.97 Å². The second-order valence-corrected chi connectivity index (χ2v) is 6.23. The van der Waals surface area contributed by atoms with E-state index in [4.69, 9.17) is 4.74 Å².